The number of carbonyl (C=O) groups is 1. The predicted octanol–water partition coefficient (Wildman–Crippen LogP) is 0.957. The summed E-state index contributed by atoms with van der Waals surface area (Å²) in [6.07, 6.45) is 0. The first kappa shape index (κ1) is 21.8. The topological polar surface area (TPSA) is 145 Å². The molecule has 0 aromatic heterocycles. The van der Waals surface area contributed by atoms with E-state index in [1.807, 2.05) is 0 Å². The van der Waals surface area contributed by atoms with Gasteiger partial charge in [0.25, 0.3) is 0 Å². The average Bonchev–Trinajstić information content (AvgIpc) is 2.60. The van der Waals surface area contributed by atoms with E-state index in [2.05, 4.69) is 10.0 Å². The molecule has 0 aliphatic rings. The highest BCUT2D eigenvalue weighted by atomic mass is 32.2. The molecular formula is C17H21N3O6S2. The molecule has 2 aromatic rings. The maximum absolute atomic E-state index is 12.5. The second-order valence-corrected chi connectivity index (χ2v) is 9.31. The Balaban J connectivity index is 2.09. The monoisotopic (exact) mass is 427 g/mol. The van der Waals surface area contributed by atoms with E-state index in [1.54, 1.807) is 6.92 Å². The number of amides is 1. The first-order valence-electron chi connectivity index (χ1n) is 8.05. The molecule has 11 heteroatoms. The lowest BCUT2D eigenvalue weighted by molar-refractivity contribution is -0.117. The van der Waals surface area contributed by atoms with E-state index in [4.69, 9.17) is 9.88 Å². The van der Waals surface area contributed by atoms with Crippen molar-refractivity contribution in [2.45, 2.75) is 29.7 Å². The minimum atomic E-state index is -3.93. The van der Waals surface area contributed by atoms with Crippen molar-refractivity contribution in [3.63, 3.8) is 0 Å². The van der Waals surface area contributed by atoms with Gasteiger partial charge in [0, 0.05) is 5.69 Å². The fourth-order valence-electron chi connectivity index (χ4n) is 2.35. The van der Waals surface area contributed by atoms with Crippen LogP contribution in [0.3, 0.4) is 0 Å². The summed E-state index contributed by atoms with van der Waals surface area (Å²) in [6, 6.07) is 8.45. The van der Waals surface area contributed by atoms with Gasteiger partial charge in [0.1, 0.15) is 5.75 Å². The quantitative estimate of drug-likeness (QED) is 0.600. The molecular weight excluding hydrogens is 406 g/mol. The zero-order chi connectivity index (χ0) is 21.1. The number of hydrogen-bond donors (Lipinski definition) is 3. The SMILES string of the molecule is COc1ccc(S(=O)(=O)N[C@@H](C)C(=O)Nc2ccc(S(N)(=O)=O)cc2)cc1C. The fourth-order valence-corrected chi connectivity index (χ4v) is 4.15. The van der Waals surface area contributed by atoms with Crippen LogP contribution < -0.4 is 19.9 Å². The number of carbonyl (C=O) groups excluding carboxylic acids is 1. The molecule has 0 unspecified atom stereocenters. The second-order valence-electron chi connectivity index (χ2n) is 6.03. The van der Waals surface area contributed by atoms with Gasteiger partial charge in [-0.15, -0.1) is 0 Å². The van der Waals surface area contributed by atoms with Crippen molar-refractivity contribution in [1.29, 1.82) is 0 Å². The molecule has 1 amide bonds. The number of sulfonamides is 2. The molecule has 2 aromatic carbocycles. The zero-order valence-electron chi connectivity index (χ0n) is 15.5. The summed E-state index contributed by atoms with van der Waals surface area (Å²) >= 11 is 0. The molecule has 0 saturated carbocycles. The number of benzene rings is 2. The Morgan fingerprint density at radius 2 is 1.61 bits per heavy atom. The summed E-state index contributed by atoms with van der Waals surface area (Å²) < 4.78 is 54.9. The van der Waals surface area contributed by atoms with Crippen molar-refractivity contribution in [2.75, 3.05) is 12.4 Å². The molecule has 0 spiro atoms. The summed E-state index contributed by atoms with van der Waals surface area (Å²) in [7, 11) is -6.29. The molecule has 4 N–H and O–H groups in total. The highest BCUT2D eigenvalue weighted by molar-refractivity contribution is 7.89. The van der Waals surface area contributed by atoms with Crippen molar-refractivity contribution < 1.29 is 26.4 Å². The van der Waals surface area contributed by atoms with Gasteiger partial charge in [0.2, 0.25) is 26.0 Å². The number of rotatable bonds is 7. The third kappa shape index (κ3) is 5.29. The van der Waals surface area contributed by atoms with Crippen LogP contribution in [0.2, 0.25) is 0 Å². The number of primary sulfonamides is 1. The van der Waals surface area contributed by atoms with Crippen LogP contribution in [-0.4, -0.2) is 35.9 Å². The Morgan fingerprint density at radius 3 is 2.11 bits per heavy atom. The van der Waals surface area contributed by atoms with Crippen molar-refractivity contribution >= 4 is 31.6 Å². The maximum atomic E-state index is 12.5. The van der Waals surface area contributed by atoms with Gasteiger partial charge in [-0.1, -0.05) is 0 Å². The van der Waals surface area contributed by atoms with Gasteiger partial charge in [-0.05, 0) is 61.9 Å². The van der Waals surface area contributed by atoms with Crippen LogP contribution in [0.5, 0.6) is 5.75 Å². The lowest BCUT2D eigenvalue weighted by atomic mass is 10.2. The summed E-state index contributed by atoms with van der Waals surface area (Å²) in [4.78, 5) is 12.2. The van der Waals surface area contributed by atoms with E-state index in [0.717, 1.165) is 0 Å². The van der Waals surface area contributed by atoms with Gasteiger partial charge in [-0.2, -0.15) is 4.72 Å². The summed E-state index contributed by atoms with van der Waals surface area (Å²) in [6.45, 7) is 3.10. The van der Waals surface area contributed by atoms with Crippen molar-refractivity contribution in [2.24, 2.45) is 5.14 Å². The highest BCUT2D eigenvalue weighted by Gasteiger charge is 2.23. The minimum Gasteiger partial charge on any atom is -0.496 e. The molecule has 0 fully saturated rings. The summed E-state index contributed by atoms with van der Waals surface area (Å²) in [5.41, 5.74) is 0.932. The maximum Gasteiger partial charge on any atom is 0.242 e. The molecule has 0 radical (unpaired) electrons. The van der Waals surface area contributed by atoms with E-state index in [0.29, 0.717) is 17.0 Å². The van der Waals surface area contributed by atoms with Gasteiger partial charge in [-0.3, -0.25) is 4.79 Å². The molecule has 0 aliphatic carbocycles. The van der Waals surface area contributed by atoms with Gasteiger partial charge < -0.3 is 10.1 Å². The third-order valence-corrected chi connectivity index (χ3v) is 6.32. The standard InChI is InChI=1S/C17H21N3O6S2/c1-11-10-15(8-9-16(11)26-3)28(24,25)20-12(2)17(21)19-13-4-6-14(7-5-13)27(18,22)23/h4-10,12,20H,1-3H3,(H,19,21)(H2,18,22,23)/t12-/m0/s1. The van der Waals surface area contributed by atoms with E-state index < -0.39 is 32.0 Å². The Bertz CT molecular complexity index is 1080. The lowest BCUT2D eigenvalue weighted by Crippen LogP contribution is -2.41. The second kappa shape index (κ2) is 8.27. The van der Waals surface area contributed by atoms with E-state index in [-0.39, 0.29) is 9.79 Å². The minimum absolute atomic E-state index is 0.00274. The predicted molar refractivity (Wildman–Crippen MR) is 104 cm³/mol. The van der Waals surface area contributed by atoms with Crippen LogP contribution in [0.1, 0.15) is 12.5 Å². The molecule has 9 nitrogen and oxygen atoms in total. The number of anilines is 1. The molecule has 28 heavy (non-hydrogen) atoms. The van der Waals surface area contributed by atoms with E-state index in [9.17, 15) is 21.6 Å². The van der Waals surface area contributed by atoms with Gasteiger partial charge >= 0.3 is 0 Å². The number of ether oxygens (including phenoxy) is 1. The van der Waals surface area contributed by atoms with Crippen LogP contribution in [0, 0.1) is 6.92 Å². The van der Waals surface area contributed by atoms with Crippen LogP contribution in [0.4, 0.5) is 5.69 Å². The van der Waals surface area contributed by atoms with Crippen LogP contribution in [0.15, 0.2) is 52.3 Å². The van der Waals surface area contributed by atoms with Crippen molar-refractivity contribution in [1.82, 2.24) is 4.72 Å². The Labute approximate surface area is 164 Å². The largest absolute Gasteiger partial charge is 0.496 e. The number of nitrogens with one attached hydrogen (secondary N) is 2. The normalized spacial score (nSPS) is 13.0. The molecule has 2 rings (SSSR count). The van der Waals surface area contributed by atoms with Crippen LogP contribution >= 0.6 is 0 Å². The zero-order valence-corrected chi connectivity index (χ0v) is 17.1. The van der Waals surface area contributed by atoms with Crippen molar-refractivity contribution in [3.05, 3.63) is 48.0 Å². The molecule has 0 aliphatic heterocycles. The van der Waals surface area contributed by atoms with E-state index in [1.165, 1.54) is 56.5 Å². The van der Waals surface area contributed by atoms with Gasteiger partial charge in [0.05, 0.1) is 22.9 Å². The van der Waals surface area contributed by atoms with E-state index >= 15 is 0 Å². The fraction of sp³-hybridized carbons (Fsp3) is 0.235. The van der Waals surface area contributed by atoms with Crippen LogP contribution in [-0.2, 0) is 24.8 Å². The molecule has 0 bridgehead atoms. The Kier molecular flexibility index (Phi) is 6.44. The van der Waals surface area contributed by atoms with Gasteiger partial charge in [-0.25, -0.2) is 22.0 Å². The molecule has 1 atom stereocenters. The number of aryl methyl sites for hydroxylation is 1. The van der Waals surface area contributed by atoms with Gasteiger partial charge in [0.15, 0.2) is 0 Å². The Hall–Kier alpha value is -2.47. The van der Waals surface area contributed by atoms with Crippen LogP contribution in [0.25, 0.3) is 0 Å². The highest BCUT2D eigenvalue weighted by Crippen LogP contribution is 2.21. The summed E-state index contributed by atoms with van der Waals surface area (Å²) in [5, 5.41) is 7.51. The first-order chi connectivity index (χ1) is 12.9. The number of hydrogen-bond acceptors (Lipinski definition) is 6. The first-order valence-corrected chi connectivity index (χ1v) is 11.1. The average molecular weight is 428 g/mol. The molecule has 0 saturated heterocycles. The Morgan fingerprint density at radius 1 is 1.04 bits per heavy atom. The smallest absolute Gasteiger partial charge is 0.242 e. The lowest BCUT2D eigenvalue weighted by Gasteiger charge is -2.15. The molecule has 152 valence electrons. The molecule has 0 heterocycles. The third-order valence-electron chi connectivity index (χ3n) is 3.85. The van der Waals surface area contributed by atoms with Crippen molar-refractivity contribution in [3.8, 4) is 5.75 Å². The number of methoxy groups -OCH3 is 1. The number of nitrogens with two attached hydrogens (primary N) is 1. The summed E-state index contributed by atoms with van der Waals surface area (Å²) in [5.74, 6) is -0.0650.